The van der Waals surface area contributed by atoms with Crippen molar-refractivity contribution in [3.63, 3.8) is 0 Å². The monoisotopic (exact) mass is 353 g/mol. The van der Waals surface area contributed by atoms with Gasteiger partial charge in [0.2, 0.25) is 5.91 Å². The molecule has 0 aromatic heterocycles. The van der Waals surface area contributed by atoms with Gasteiger partial charge in [0.15, 0.2) is 0 Å². The molecule has 5 nitrogen and oxygen atoms in total. The van der Waals surface area contributed by atoms with Crippen LogP contribution in [0.2, 0.25) is 0 Å². The minimum atomic E-state index is -2.85. The maximum Gasteiger partial charge on any atom is 0.387 e. The van der Waals surface area contributed by atoms with Crippen molar-refractivity contribution in [2.45, 2.75) is 38.5 Å². The summed E-state index contributed by atoms with van der Waals surface area (Å²) in [7, 11) is 2.00. The Morgan fingerprint density at radius 3 is 2.92 bits per heavy atom. The van der Waals surface area contributed by atoms with Crippen LogP contribution >= 0.6 is 0 Å². The van der Waals surface area contributed by atoms with Gasteiger partial charge in [0.25, 0.3) is 0 Å². The number of nitrogens with zero attached hydrogens (tertiary/aromatic N) is 1. The molecule has 2 aliphatic heterocycles. The number of carbonyl (C=O) groups excluding carboxylic acids is 1. The van der Waals surface area contributed by atoms with Crippen LogP contribution in [0.4, 0.5) is 8.78 Å². The number of likely N-dealkylation sites (tertiary alicyclic amines) is 1. The Kier molecular flexibility index (Phi) is 5.54. The fraction of sp³-hybridized carbons (Fsp3) is 0.611. The lowest BCUT2D eigenvalue weighted by atomic mass is 9.77. The smallest absolute Gasteiger partial charge is 0.387 e. The first-order valence-electron chi connectivity index (χ1n) is 8.70. The van der Waals surface area contributed by atoms with Gasteiger partial charge in [0.05, 0.1) is 6.04 Å². The van der Waals surface area contributed by atoms with E-state index in [0.29, 0.717) is 6.54 Å². The third-order valence-corrected chi connectivity index (χ3v) is 5.30. The van der Waals surface area contributed by atoms with Gasteiger partial charge in [-0.2, -0.15) is 8.78 Å². The Morgan fingerprint density at radius 2 is 2.20 bits per heavy atom. The number of carbonyl (C=O) groups is 1. The number of alkyl halides is 2. The van der Waals surface area contributed by atoms with Crippen molar-refractivity contribution in [3.05, 3.63) is 29.8 Å². The van der Waals surface area contributed by atoms with E-state index in [1.807, 2.05) is 7.05 Å². The van der Waals surface area contributed by atoms with Crippen molar-refractivity contribution in [1.82, 2.24) is 15.5 Å². The summed E-state index contributed by atoms with van der Waals surface area (Å²) < 4.78 is 29.0. The number of hydrogen-bond donors (Lipinski definition) is 2. The number of hydrogen-bond acceptors (Lipinski definition) is 4. The molecule has 7 heteroatoms. The summed E-state index contributed by atoms with van der Waals surface area (Å²) in [6, 6.07) is 6.30. The standard InChI is InChI=1S/C18H25F2N3O2/c1-23-12-18(5-7-21-8-6-18)10-15(23)16(24)22-11-13-3-2-4-14(9-13)25-17(19)20/h2-4,9,15,17,21H,5-8,10-12H2,1H3,(H,22,24)/t15-/m0/s1. The van der Waals surface area contributed by atoms with Crippen LogP contribution in [0, 0.1) is 5.41 Å². The lowest BCUT2D eigenvalue weighted by Crippen LogP contribution is -2.41. The summed E-state index contributed by atoms with van der Waals surface area (Å²) in [5.41, 5.74) is 0.983. The van der Waals surface area contributed by atoms with E-state index in [1.54, 1.807) is 12.1 Å². The molecular formula is C18H25F2N3O2. The van der Waals surface area contributed by atoms with Gasteiger partial charge in [0.1, 0.15) is 5.75 Å². The molecule has 0 saturated carbocycles. The Balaban J connectivity index is 1.56. The molecule has 0 aliphatic carbocycles. The molecule has 2 aliphatic rings. The molecule has 2 N–H and O–H groups in total. The van der Waals surface area contributed by atoms with Crippen LogP contribution in [-0.2, 0) is 11.3 Å². The second-order valence-corrected chi connectivity index (χ2v) is 7.13. The van der Waals surface area contributed by atoms with Crippen LogP contribution in [0.3, 0.4) is 0 Å². The van der Waals surface area contributed by atoms with Crippen molar-refractivity contribution in [3.8, 4) is 5.75 Å². The van der Waals surface area contributed by atoms with Crippen LogP contribution in [0.25, 0.3) is 0 Å². The topological polar surface area (TPSA) is 53.6 Å². The Morgan fingerprint density at radius 1 is 1.44 bits per heavy atom. The molecule has 2 fully saturated rings. The van der Waals surface area contributed by atoms with Crippen LogP contribution in [-0.4, -0.2) is 50.1 Å². The molecule has 0 unspecified atom stereocenters. The minimum Gasteiger partial charge on any atom is -0.435 e. The zero-order chi connectivity index (χ0) is 17.9. The predicted octanol–water partition coefficient (Wildman–Crippen LogP) is 1.98. The quantitative estimate of drug-likeness (QED) is 0.850. The lowest BCUT2D eigenvalue weighted by molar-refractivity contribution is -0.125. The summed E-state index contributed by atoms with van der Waals surface area (Å²) in [5.74, 6) is 0.103. The normalized spacial score (nSPS) is 23.1. The van der Waals surface area contributed by atoms with Crippen molar-refractivity contribution in [1.29, 1.82) is 0 Å². The molecule has 3 rings (SSSR count). The van der Waals surface area contributed by atoms with E-state index in [1.165, 1.54) is 12.1 Å². The second kappa shape index (κ2) is 7.66. The van der Waals surface area contributed by atoms with Crippen molar-refractivity contribution >= 4 is 5.91 Å². The van der Waals surface area contributed by atoms with Gasteiger partial charge < -0.3 is 15.4 Å². The largest absolute Gasteiger partial charge is 0.435 e. The molecule has 2 saturated heterocycles. The molecular weight excluding hydrogens is 328 g/mol. The van der Waals surface area contributed by atoms with Crippen molar-refractivity contribution in [2.75, 3.05) is 26.7 Å². The van der Waals surface area contributed by atoms with E-state index < -0.39 is 6.61 Å². The average Bonchev–Trinajstić information content (AvgIpc) is 2.89. The molecule has 1 atom stereocenters. The molecule has 25 heavy (non-hydrogen) atoms. The lowest BCUT2D eigenvalue weighted by Gasteiger charge is -2.33. The van der Waals surface area contributed by atoms with Crippen LogP contribution in [0.1, 0.15) is 24.8 Å². The third-order valence-electron chi connectivity index (χ3n) is 5.30. The Hall–Kier alpha value is -1.73. The van der Waals surface area contributed by atoms with Gasteiger partial charge in [-0.25, -0.2) is 0 Å². The maximum atomic E-state index is 12.6. The van der Waals surface area contributed by atoms with Crippen LogP contribution < -0.4 is 15.4 Å². The van der Waals surface area contributed by atoms with Gasteiger partial charge in [-0.3, -0.25) is 9.69 Å². The van der Waals surface area contributed by atoms with E-state index in [4.69, 9.17) is 0 Å². The summed E-state index contributed by atoms with van der Waals surface area (Å²) in [5, 5.41) is 6.31. The first kappa shape index (κ1) is 18.1. The van der Waals surface area contributed by atoms with Gasteiger partial charge in [0, 0.05) is 13.1 Å². The average molecular weight is 353 g/mol. The van der Waals surface area contributed by atoms with Gasteiger partial charge in [-0.15, -0.1) is 0 Å². The van der Waals surface area contributed by atoms with E-state index in [-0.39, 0.29) is 23.1 Å². The highest BCUT2D eigenvalue weighted by atomic mass is 19.3. The first-order valence-corrected chi connectivity index (χ1v) is 8.70. The highest BCUT2D eigenvalue weighted by molar-refractivity contribution is 5.82. The highest BCUT2D eigenvalue weighted by Gasteiger charge is 2.45. The van der Waals surface area contributed by atoms with Gasteiger partial charge >= 0.3 is 6.61 Å². The van der Waals surface area contributed by atoms with E-state index in [2.05, 4.69) is 20.3 Å². The zero-order valence-corrected chi connectivity index (χ0v) is 14.4. The summed E-state index contributed by atoms with van der Waals surface area (Å²) in [4.78, 5) is 14.7. The summed E-state index contributed by atoms with van der Waals surface area (Å²) >= 11 is 0. The highest BCUT2D eigenvalue weighted by Crippen LogP contribution is 2.41. The Labute approximate surface area is 146 Å². The van der Waals surface area contributed by atoms with E-state index in [0.717, 1.165) is 44.5 Å². The maximum absolute atomic E-state index is 12.6. The molecule has 1 aromatic carbocycles. The number of ether oxygens (including phenoxy) is 1. The van der Waals surface area contributed by atoms with Gasteiger partial charge in [-0.05, 0) is 62.5 Å². The fourth-order valence-corrected chi connectivity index (χ4v) is 4.02. The second-order valence-electron chi connectivity index (χ2n) is 7.13. The number of nitrogens with one attached hydrogen (secondary N) is 2. The molecule has 1 aromatic rings. The van der Waals surface area contributed by atoms with Crippen LogP contribution in [0.5, 0.6) is 5.75 Å². The number of benzene rings is 1. The number of rotatable bonds is 5. The Bertz CT molecular complexity index is 606. The van der Waals surface area contributed by atoms with E-state index in [9.17, 15) is 13.6 Å². The summed E-state index contributed by atoms with van der Waals surface area (Å²) in [6.07, 6.45) is 3.09. The number of piperidine rings is 1. The molecule has 138 valence electrons. The van der Waals surface area contributed by atoms with Crippen molar-refractivity contribution in [2.24, 2.45) is 5.41 Å². The number of halogens is 2. The number of amides is 1. The summed E-state index contributed by atoms with van der Waals surface area (Å²) in [6.45, 7) is 0.430. The number of likely N-dealkylation sites (N-methyl/N-ethyl adjacent to an activating group) is 1. The molecule has 0 bridgehead atoms. The SMILES string of the molecule is CN1CC2(CCNCC2)C[C@H]1C(=O)NCc1cccc(OC(F)F)c1. The van der Waals surface area contributed by atoms with Gasteiger partial charge in [-0.1, -0.05) is 12.1 Å². The third kappa shape index (κ3) is 4.46. The first-order chi connectivity index (χ1) is 12.0. The molecule has 2 heterocycles. The van der Waals surface area contributed by atoms with Crippen LogP contribution in [0.15, 0.2) is 24.3 Å². The van der Waals surface area contributed by atoms with Crippen molar-refractivity contribution < 1.29 is 18.3 Å². The molecule has 1 amide bonds. The fourth-order valence-electron chi connectivity index (χ4n) is 4.02. The molecule has 1 spiro atoms. The zero-order valence-electron chi connectivity index (χ0n) is 14.4. The van der Waals surface area contributed by atoms with E-state index >= 15 is 0 Å². The molecule has 0 radical (unpaired) electrons. The predicted molar refractivity (Wildman–Crippen MR) is 90.5 cm³/mol. The minimum absolute atomic E-state index is 0.00177.